The van der Waals surface area contributed by atoms with E-state index in [0.717, 1.165) is 11.1 Å². The molecule has 1 aromatic heterocycles. The number of hydrogen-bond acceptors (Lipinski definition) is 6. The van der Waals surface area contributed by atoms with Crippen LogP contribution in [0, 0.1) is 29.9 Å². The minimum absolute atomic E-state index is 0.164. The molecule has 0 aliphatic carbocycles. The van der Waals surface area contributed by atoms with E-state index in [1.807, 2.05) is 45.0 Å². The highest BCUT2D eigenvalue weighted by Crippen LogP contribution is 2.36. The first-order chi connectivity index (χ1) is 12.8. The number of esters is 1. The summed E-state index contributed by atoms with van der Waals surface area (Å²) in [6, 6.07) is 7.56. The number of nitrogens with zero attached hydrogens (tertiary/aromatic N) is 2. The molecule has 0 radical (unpaired) electrons. The smallest absolute Gasteiger partial charge is 0.339 e. The predicted molar refractivity (Wildman–Crippen MR) is 101 cm³/mol. The monoisotopic (exact) mass is 372 g/mol. The zero-order chi connectivity index (χ0) is 20.1. The molecular formula is C20H24N2O5. The summed E-state index contributed by atoms with van der Waals surface area (Å²) < 4.78 is 10.7. The van der Waals surface area contributed by atoms with E-state index in [1.165, 1.54) is 13.3 Å². The van der Waals surface area contributed by atoms with Crippen LogP contribution in [0.3, 0.4) is 0 Å². The molecule has 0 fully saturated rings. The van der Waals surface area contributed by atoms with Crippen LogP contribution in [0.15, 0.2) is 30.5 Å². The molecule has 0 bridgehead atoms. The second-order valence-electron chi connectivity index (χ2n) is 6.78. The molecule has 0 aliphatic rings. The van der Waals surface area contributed by atoms with Gasteiger partial charge >= 0.3 is 5.97 Å². The number of methoxy groups -OCH3 is 1. The van der Waals surface area contributed by atoms with Crippen LogP contribution in [0.4, 0.5) is 5.69 Å². The maximum atomic E-state index is 12.5. The lowest BCUT2D eigenvalue weighted by molar-refractivity contribution is -0.385. The van der Waals surface area contributed by atoms with Crippen molar-refractivity contribution in [3.05, 3.63) is 57.3 Å². The van der Waals surface area contributed by atoms with Gasteiger partial charge in [0.25, 0.3) is 5.69 Å². The minimum atomic E-state index is -1.10. The Bertz CT molecular complexity index is 831. The van der Waals surface area contributed by atoms with Gasteiger partial charge in [-0.1, -0.05) is 43.7 Å². The Morgan fingerprint density at radius 3 is 2.37 bits per heavy atom. The molecule has 0 saturated carbocycles. The van der Waals surface area contributed by atoms with Crippen LogP contribution in [0.5, 0.6) is 0 Å². The van der Waals surface area contributed by atoms with E-state index < -0.39 is 17.0 Å². The SMILES string of the molecule is COC(=O)C(OCC(C)C)c1c(-c2ccc(C)cc2)ncc([N+](=O)[O-])c1C. The number of pyridine rings is 1. The predicted octanol–water partition coefficient (Wildman–Crippen LogP) is 4.16. The molecule has 2 aromatic rings. The number of benzene rings is 1. The van der Waals surface area contributed by atoms with E-state index in [-0.39, 0.29) is 11.6 Å². The van der Waals surface area contributed by atoms with Crippen molar-refractivity contribution in [1.29, 1.82) is 0 Å². The van der Waals surface area contributed by atoms with Crippen molar-refractivity contribution < 1.29 is 19.2 Å². The van der Waals surface area contributed by atoms with Gasteiger partial charge < -0.3 is 9.47 Å². The molecular weight excluding hydrogens is 348 g/mol. The molecule has 1 heterocycles. The van der Waals surface area contributed by atoms with Gasteiger partial charge in [-0.25, -0.2) is 9.78 Å². The molecule has 1 atom stereocenters. The summed E-state index contributed by atoms with van der Waals surface area (Å²) in [5.41, 5.74) is 2.82. The van der Waals surface area contributed by atoms with E-state index in [0.29, 0.717) is 23.4 Å². The van der Waals surface area contributed by atoms with Gasteiger partial charge in [0.05, 0.1) is 24.3 Å². The Kier molecular flexibility index (Phi) is 6.63. The zero-order valence-electron chi connectivity index (χ0n) is 16.2. The van der Waals surface area contributed by atoms with Crippen molar-refractivity contribution >= 4 is 11.7 Å². The Labute approximate surface area is 158 Å². The largest absolute Gasteiger partial charge is 0.467 e. The Balaban J connectivity index is 2.70. The topological polar surface area (TPSA) is 91.6 Å². The molecule has 144 valence electrons. The first kappa shape index (κ1) is 20.5. The summed E-state index contributed by atoms with van der Waals surface area (Å²) in [5.74, 6) is -0.443. The van der Waals surface area contributed by atoms with E-state index >= 15 is 0 Å². The van der Waals surface area contributed by atoms with E-state index in [4.69, 9.17) is 9.47 Å². The quantitative estimate of drug-likeness (QED) is 0.412. The van der Waals surface area contributed by atoms with E-state index in [9.17, 15) is 14.9 Å². The lowest BCUT2D eigenvalue weighted by Gasteiger charge is -2.21. The highest BCUT2D eigenvalue weighted by molar-refractivity contribution is 5.82. The highest BCUT2D eigenvalue weighted by Gasteiger charge is 2.32. The summed E-state index contributed by atoms with van der Waals surface area (Å²) in [6.07, 6.45) is 0.117. The van der Waals surface area contributed by atoms with Crippen LogP contribution < -0.4 is 0 Å². The van der Waals surface area contributed by atoms with Crippen LogP contribution in [0.1, 0.15) is 36.6 Å². The number of aromatic nitrogens is 1. The highest BCUT2D eigenvalue weighted by atomic mass is 16.6. The molecule has 1 unspecified atom stereocenters. The minimum Gasteiger partial charge on any atom is -0.467 e. The van der Waals surface area contributed by atoms with Gasteiger partial charge in [0.15, 0.2) is 6.10 Å². The van der Waals surface area contributed by atoms with Gasteiger partial charge in [-0.15, -0.1) is 0 Å². The summed E-state index contributed by atoms with van der Waals surface area (Å²) in [7, 11) is 1.26. The molecule has 0 amide bonds. The Morgan fingerprint density at radius 1 is 1.22 bits per heavy atom. The van der Waals surface area contributed by atoms with Gasteiger partial charge in [-0.05, 0) is 19.8 Å². The number of carbonyl (C=O) groups is 1. The summed E-state index contributed by atoms with van der Waals surface area (Å²) in [5, 5.41) is 11.4. The van der Waals surface area contributed by atoms with Crippen LogP contribution in [0.25, 0.3) is 11.3 Å². The van der Waals surface area contributed by atoms with Crippen LogP contribution in [-0.4, -0.2) is 29.6 Å². The third-order valence-electron chi connectivity index (χ3n) is 4.15. The van der Waals surface area contributed by atoms with Crippen LogP contribution >= 0.6 is 0 Å². The van der Waals surface area contributed by atoms with Crippen molar-refractivity contribution in [3.63, 3.8) is 0 Å². The Morgan fingerprint density at radius 2 is 1.85 bits per heavy atom. The third-order valence-corrected chi connectivity index (χ3v) is 4.15. The van der Waals surface area contributed by atoms with Gasteiger partial charge in [-0.2, -0.15) is 0 Å². The van der Waals surface area contributed by atoms with Crippen LogP contribution in [-0.2, 0) is 14.3 Å². The van der Waals surface area contributed by atoms with Crippen LogP contribution in [0.2, 0.25) is 0 Å². The third kappa shape index (κ3) is 4.68. The summed E-state index contributed by atoms with van der Waals surface area (Å²) in [6.45, 7) is 7.76. The fraction of sp³-hybridized carbons (Fsp3) is 0.400. The standard InChI is InChI=1S/C20H24N2O5/c1-12(2)11-27-19(20(23)26-5)17-14(4)16(22(24)25)10-21-18(17)15-8-6-13(3)7-9-15/h6-10,12,19H,11H2,1-5H3. The van der Waals surface area contributed by atoms with Crippen molar-refractivity contribution in [1.82, 2.24) is 4.98 Å². The first-order valence-electron chi connectivity index (χ1n) is 8.66. The van der Waals surface area contributed by atoms with Gasteiger partial charge in [0, 0.05) is 16.7 Å². The molecule has 1 aromatic carbocycles. The molecule has 7 heteroatoms. The Hall–Kier alpha value is -2.80. The lowest BCUT2D eigenvalue weighted by atomic mass is 9.95. The average molecular weight is 372 g/mol. The number of nitro groups is 1. The van der Waals surface area contributed by atoms with Gasteiger partial charge in [0.1, 0.15) is 6.20 Å². The van der Waals surface area contributed by atoms with Gasteiger partial charge in [0.2, 0.25) is 0 Å². The number of ether oxygens (including phenoxy) is 2. The molecule has 0 aliphatic heterocycles. The number of carbonyl (C=O) groups excluding carboxylic acids is 1. The summed E-state index contributed by atoms with van der Waals surface area (Å²) in [4.78, 5) is 27.6. The second-order valence-corrected chi connectivity index (χ2v) is 6.78. The molecule has 0 spiro atoms. The van der Waals surface area contributed by atoms with Crippen molar-refractivity contribution in [2.24, 2.45) is 5.92 Å². The van der Waals surface area contributed by atoms with Gasteiger partial charge in [-0.3, -0.25) is 10.1 Å². The first-order valence-corrected chi connectivity index (χ1v) is 8.66. The zero-order valence-corrected chi connectivity index (χ0v) is 16.2. The number of hydrogen-bond donors (Lipinski definition) is 0. The molecule has 27 heavy (non-hydrogen) atoms. The van der Waals surface area contributed by atoms with Crippen molar-refractivity contribution in [2.75, 3.05) is 13.7 Å². The fourth-order valence-corrected chi connectivity index (χ4v) is 2.72. The lowest BCUT2D eigenvalue weighted by Crippen LogP contribution is -2.22. The fourth-order valence-electron chi connectivity index (χ4n) is 2.72. The van der Waals surface area contributed by atoms with E-state index in [2.05, 4.69) is 4.98 Å². The van der Waals surface area contributed by atoms with Crippen molar-refractivity contribution in [3.8, 4) is 11.3 Å². The second kappa shape index (κ2) is 8.73. The average Bonchev–Trinajstić information content (AvgIpc) is 2.62. The van der Waals surface area contributed by atoms with Crippen molar-refractivity contribution in [2.45, 2.75) is 33.8 Å². The van der Waals surface area contributed by atoms with E-state index in [1.54, 1.807) is 6.92 Å². The maximum absolute atomic E-state index is 12.5. The molecule has 0 saturated heterocycles. The maximum Gasteiger partial charge on any atom is 0.339 e. The normalized spacial score (nSPS) is 12.1. The number of rotatable bonds is 7. The molecule has 7 nitrogen and oxygen atoms in total. The molecule has 0 N–H and O–H groups in total. The molecule has 2 rings (SSSR count). The summed E-state index contributed by atoms with van der Waals surface area (Å²) >= 11 is 0. The number of aryl methyl sites for hydroxylation is 1.